The minimum absolute atomic E-state index is 0.0318. The van der Waals surface area contributed by atoms with Crippen molar-refractivity contribution >= 4 is 110 Å². The highest BCUT2D eigenvalue weighted by Crippen LogP contribution is 2.52. The van der Waals surface area contributed by atoms with Crippen LogP contribution in [-0.4, -0.2) is 8.80 Å². The summed E-state index contributed by atoms with van der Waals surface area (Å²) in [5.74, 6) is 0. The van der Waals surface area contributed by atoms with Crippen LogP contribution in [0.2, 0.25) is 0 Å². The van der Waals surface area contributed by atoms with E-state index in [1.165, 1.54) is 8.80 Å². The van der Waals surface area contributed by atoms with Crippen LogP contribution in [-0.2, 0) is 0 Å². The summed E-state index contributed by atoms with van der Waals surface area (Å²) < 4.78 is 144. The van der Waals surface area contributed by atoms with Gasteiger partial charge in [0.25, 0.3) is 0 Å². The lowest BCUT2D eigenvalue weighted by atomic mass is 9.96. The molecule has 0 saturated carbocycles. The molecule has 4 heteroatoms. The number of aromatic nitrogens is 2. The number of nitrogens with zero attached hydrogens (tertiary/aromatic N) is 4. The molecule has 382 valence electrons. The first kappa shape index (κ1) is 34.2. The van der Waals surface area contributed by atoms with Crippen molar-refractivity contribution in [2.75, 3.05) is 9.80 Å². The van der Waals surface area contributed by atoms with Crippen LogP contribution in [0, 0.1) is 0 Å². The third kappa shape index (κ3) is 6.92. The summed E-state index contributed by atoms with van der Waals surface area (Å²) in [5.41, 5.74) is 8.91. The van der Waals surface area contributed by atoms with Crippen LogP contribution in [0.3, 0.4) is 0 Å². The van der Waals surface area contributed by atoms with E-state index in [0.717, 1.165) is 44.5 Å². The average molecular weight is 1060 g/mol. The molecule has 0 N–H and O–H groups in total. The second kappa shape index (κ2) is 18.3. The summed E-state index contributed by atoms with van der Waals surface area (Å²) >= 11 is 0. The largest absolute Gasteiger partial charge is 0.309 e. The lowest BCUT2D eigenvalue weighted by molar-refractivity contribution is 1.29. The smallest absolute Gasteiger partial charge is 0.0653 e. The van der Waals surface area contributed by atoms with Crippen LogP contribution in [0.25, 0.3) is 121 Å². The molecule has 4 nitrogen and oxygen atoms in total. The molecule has 0 radical (unpaired) electrons. The Morgan fingerprint density at radius 3 is 1.00 bits per heavy atom. The molecule has 0 aliphatic carbocycles. The first-order valence-electron chi connectivity index (χ1n) is 34.1. The fraction of sp³-hybridized carbons (Fsp3) is 0. The lowest BCUT2D eigenvalue weighted by Crippen LogP contribution is -2.12. The maximum atomic E-state index is 10.8. The zero-order valence-electron chi connectivity index (χ0n) is 57.6. The van der Waals surface area contributed by atoms with Crippen molar-refractivity contribution in [1.82, 2.24) is 8.80 Å². The van der Waals surface area contributed by atoms with Gasteiger partial charge in [0, 0.05) is 65.6 Å². The summed E-state index contributed by atoms with van der Waals surface area (Å²) in [7, 11) is 0. The summed E-state index contributed by atoms with van der Waals surface area (Å²) in [5, 5.41) is 0.106. The first-order valence-corrected chi connectivity index (χ1v) is 27.1. The molecule has 17 rings (SSSR count). The predicted molar refractivity (Wildman–Crippen MR) is 347 cm³/mol. The topological polar surface area (TPSA) is 15.3 Å². The number of fused-ring (bicyclic) bond motifs is 12. The summed E-state index contributed by atoms with van der Waals surface area (Å²) in [6.45, 7) is 0. The van der Waals surface area contributed by atoms with Gasteiger partial charge in [0.05, 0.1) is 75.0 Å². The lowest BCUT2D eigenvalue weighted by Gasteiger charge is -2.29. The van der Waals surface area contributed by atoms with Crippen molar-refractivity contribution in [3.8, 4) is 44.5 Å². The van der Waals surface area contributed by atoms with E-state index in [0.29, 0.717) is 22.7 Å². The highest BCUT2D eigenvalue weighted by molar-refractivity contribution is 6.31. The van der Waals surface area contributed by atoms with Crippen LogP contribution >= 0.6 is 0 Å². The molecule has 82 heavy (non-hydrogen) atoms. The molecular formula is C78H50N4. The fourth-order valence-corrected chi connectivity index (χ4v) is 12.4. The predicted octanol–water partition coefficient (Wildman–Crippen LogP) is 21.6. The molecule has 0 unspecified atom stereocenters. The van der Waals surface area contributed by atoms with Crippen LogP contribution in [0.15, 0.2) is 303 Å². The quantitative estimate of drug-likeness (QED) is 0.136. The Bertz CT molecular complexity index is 5740. The third-order valence-corrected chi connectivity index (χ3v) is 16.0. The Kier molecular flexibility index (Phi) is 7.63. The highest BCUT2D eigenvalue weighted by atomic mass is 15.2. The molecule has 0 aliphatic heterocycles. The van der Waals surface area contributed by atoms with E-state index in [1.807, 2.05) is 228 Å². The molecule has 0 atom stereocenters. The van der Waals surface area contributed by atoms with Crippen LogP contribution in [0.5, 0.6) is 0 Å². The van der Waals surface area contributed by atoms with Crippen molar-refractivity contribution in [3.63, 3.8) is 0 Å². The van der Waals surface area contributed by atoms with Crippen molar-refractivity contribution in [1.29, 1.82) is 0 Å². The van der Waals surface area contributed by atoms with Gasteiger partial charge in [-0.15, -0.1) is 0 Å². The number of rotatable bonds is 10. The van der Waals surface area contributed by atoms with E-state index in [1.54, 1.807) is 0 Å². The second-order valence-electron chi connectivity index (χ2n) is 20.5. The molecule has 0 saturated heterocycles. The van der Waals surface area contributed by atoms with Gasteiger partial charge in [-0.1, -0.05) is 230 Å². The minimum Gasteiger partial charge on any atom is -0.309 e. The molecule has 0 bridgehead atoms. The van der Waals surface area contributed by atoms with Crippen LogP contribution in [0.4, 0.5) is 34.1 Å². The maximum absolute atomic E-state index is 10.8. The molecule has 4 aromatic heterocycles. The van der Waals surface area contributed by atoms with E-state index < -0.39 is 60.4 Å². The van der Waals surface area contributed by atoms with Gasteiger partial charge in [0.15, 0.2) is 0 Å². The number of hydrogen-bond donors (Lipinski definition) is 0. The number of hydrogen-bond acceptors (Lipinski definition) is 2. The van der Waals surface area contributed by atoms with Crippen LogP contribution in [0.1, 0.15) is 19.2 Å². The molecule has 4 heterocycles. The average Bonchev–Trinajstić information content (AvgIpc) is 1.49. The van der Waals surface area contributed by atoms with Gasteiger partial charge in [0.1, 0.15) is 0 Å². The van der Waals surface area contributed by atoms with E-state index >= 15 is 0 Å². The van der Waals surface area contributed by atoms with Gasteiger partial charge in [-0.3, -0.25) is 0 Å². The normalized spacial score (nSPS) is 14.3. The second-order valence-corrected chi connectivity index (χ2v) is 20.5. The minimum atomic E-state index is -0.549. The van der Waals surface area contributed by atoms with Crippen molar-refractivity contribution in [3.05, 3.63) is 303 Å². The molecule has 0 fully saturated rings. The Morgan fingerprint density at radius 2 is 0.610 bits per heavy atom. The Labute approximate surface area is 493 Å². The highest BCUT2D eigenvalue weighted by Gasteiger charge is 2.29. The Balaban J connectivity index is 1.03. The zero-order chi connectivity index (χ0) is 66.0. The monoisotopic (exact) mass is 1060 g/mol. The van der Waals surface area contributed by atoms with Crippen molar-refractivity contribution < 1.29 is 19.2 Å². The van der Waals surface area contributed by atoms with Gasteiger partial charge in [0.2, 0.25) is 0 Å². The van der Waals surface area contributed by atoms with E-state index in [-0.39, 0.29) is 112 Å². The summed E-state index contributed by atoms with van der Waals surface area (Å²) in [4.78, 5) is 3.69. The van der Waals surface area contributed by atoms with Gasteiger partial charge in [-0.2, -0.15) is 0 Å². The summed E-state index contributed by atoms with van der Waals surface area (Å²) in [6, 6.07) is 63.3. The maximum Gasteiger partial charge on any atom is 0.0653 e. The van der Waals surface area contributed by atoms with Gasteiger partial charge in [-0.25, -0.2) is 0 Å². The van der Waals surface area contributed by atoms with Crippen LogP contribution < -0.4 is 9.80 Å². The SMILES string of the molecule is [2H]c1c([2H])c([2H])c2c(c1N(c1ccccc1)c1cc(-c3ccccc3)ccc1-c1ccccc1)c1c([2H])c([2H])c([2H])c3c4c([2H])c5c(c([2H])c4n2c13)c1c([2H])c([2H])c([2H])c2c3c(N(c4ccccc4)c4cc(-c6ccccc6)ccc4-c4ccccc4)c([2H])c([2H])c([2H])c3n5c21. The molecule has 13 aromatic carbocycles. The Hall–Kier alpha value is -10.9. The Morgan fingerprint density at radius 1 is 0.268 bits per heavy atom. The van der Waals surface area contributed by atoms with E-state index in [2.05, 4.69) is 0 Å². The molecular weight excluding hydrogens is 993 g/mol. The third-order valence-electron chi connectivity index (χ3n) is 16.0. The van der Waals surface area contributed by atoms with Crippen molar-refractivity contribution in [2.24, 2.45) is 0 Å². The van der Waals surface area contributed by atoms with Crippen molar-refractivity contribution in [2.45, 2.75) is 0 Å². The molecule has 0 aliphatic rings. The standard InChI is InChI=1S/C78H50N4/c1-7-23-51(24-8-1)55-43-45-59(53-27-11-3-12-28-53)71(47-55)79(57-31-15-5-16-32-57)67-39-21-41-69-75(67)63-37-19-35-61-65-50-74-66(49-73(65)81(69)77(61)63)62-36-20-38-64-76-68(40-22-42-70(76)82(74)78(62)64)80(58-33-17-6-18-34-58)72-48-56(52-25-9-2-10-26-52)44-46-60(72)54-29-13-4-14-30-54/h1-50H/i19D,20D,21D,22D,35D,36D,37D,38D,39D,40D,41D,42D,49D,50D. The van der Waals surface area contributed by atoms with Gasteiger partial charge in [-0.05, 0) is 106 Å². The molecule has 17 aromatic rings. The summed E-state index contributed by atoms with van der Waals surface area (Å²) in [6.07, 6.45) is 0. The molecule has 0 spiro atoms. The van der Waals surface area contributed by atoms with Gasteiger partial charge >= 0.3 is 0 Å². The van der Waals surface area contributed by atoms with Gasteiger partial charge < -0.3 is 18.6 Å². The zero-order valence-corrected chi connectivity index (χ0v) is 43.6. The number of para-hydroxylation sites is 4. The number of benzene rings is 13. The van der Waals surface area contributed by atoms with E-state index in [9.17, 15) is 19.2 Å². The fourth-order valence-electron chi connectivity index (χ4n) is 12.4. The number of anilines is 6. The molecule has 0 amide bonds. The van der Waals surface area contributed by atoms with E-state index in [4.69, 9.17) is 0 Å². The first-order chi connectivity index (χ1) is 46.6.